The molecule has 0 spiro atoms. The second-order valence-corrected chi connectivity index (χ2v) is 8.83. The number of pyridine rings is 2. The Morgan fingerprint density at radius 2 is 1.63 bits per heavy atom. The van der Waals surface area contributed by atoms with Gasteiger partial charge in [-0.1, -0.05) is 34.6 Å². The second-order valence-electron chi connectivity index (χ2n) is 8.83. The Hall–Kier alpha value is -3.54. The van der Waals surface area contributed by atoms with Gasteiger partial charge < -0.3 is 19.2 Å². The van der Waals surface area contributed by atoms with Crippen molar-refractivity contribution in [2.75, 3.05) is 21.3 Å². The largest absolute Gasteiger partial charge is 0.497 e. The van der Waals surface area contributed by atoms with Gasteiger partial charge in [-0.2, -0.15) is 0 Å². The van der Waals surface area contributed by atoms with E-state index in [2.05, 4.69) is 31.8 Å². The maximum Gasteiger partial charge on any atom is 0.252 e. The fraction of sp³-hybridized carbons (Fsp3) is 0.379. The van der Waals surface area contributed by atoms with Crippen LogP contribution in [-0.2, 0) is 12.8 Å². The topological polar surface area (TPSA) is 73.4 Å². The molecule has 2 aromatic heterocycles. The summed E-state index contributed by atoms with van der Waals surface area (Å²) in [5, 5.41) is 2.83. The molecule has 6 heteroatoms. The fourth-order valence-corrected chi connectivity index (χ4v) is 4.53. The Morgan fingerprint density at radius 3 is 2.23 bits per heavy atom. The number of hydrogen-bond donors (Lipinski definition) is 1. The van der Waals surface area contributed by atoms with Gasteiger partial charge in [-0.25, -0.2) is 0 Å². The number of hydrogen-bond acceptors (Lipinski definition) is 5. The van der Waals surface area contributed by atoms with Crippen molar-refractivity contribution in [3.8, 4) is 17.2 Å². The van der Waals surface area contributed by atoms with E-state index in [1.165, 1.54) is 0 Å². The molecule has 0 fully saturated rings. The number of nitrogens with one attached hydrogen (secondary N) is 1. The average molecular weight is 477 g/mol. The van der Waals surface area contributed by atoms with Crippen molar-refractivity contribution >= 4 is 21.7 Å². The van der Waals surface area contributed by atoms with E-state index in [0.717, 1.165) is 57.2 Å². The van der Waals surface area contributed by atoms with Gasteiger partial charge in [0.1, 0.15) is 5.75 Å². The zero-order chi connectivity index (χ0) is 24.4. The van der Waals surface area contributed by atoms with E-state index in [0.29, 0.717) is 23.5 Å². The van der Waals surface area contributed by atoms with Gasteiger partial charge in [0, 0.05) is 34.1 Å². The summed E-state index contributed by atoms with van der Waals surface area (Å²) >= 11 is 0. The molecule has 2 heterocycles. The van der Waals surface area contributed by atoms with Crippen molar-refractivity contribution in [2.24, 2.45) is 0 Å². The Balaban J connectivity index is 0.00000342. The SMILES string of the molecule is C.CCCc1nc2ccc(OC)cc2cc1Cc1c(=O)[nH]c(C(C)C)c2cc(OC)c(OC)cc12. The highest BCUT2D eigenvalue weighted by Crippen LogP contribution is 2.36. The van der Waals surface area contributed by atoms with Crippen molar-refractivity contribution in [3.05, 3.63) is 69.3 Å². The predicted octanol–water partition coefficient (Wildman–Crippen LogP) is 6.40. The highest BCUT2D eigenvalue weighted by Gasteiger charge is 2.19. The zero-order valence-corrected chi connectivity index (χ0v) is 20.7. The lowest BCUT2D eigenvalue weighted by atomic mass is 9.93. The standard InChI is InChI=1S/C28H32N2O4.CH4/c1-7-8-23-18(11-17-12-19(32-4)9-10-24(17)29-23)13-22-20-14-25(33-5)26(34-6)15-21(20)27(16(2)3)30-28(22)31;/h9-12,14-16H,7-8,13H2,1-6H3,(H,30,31);1H4. The van der Waals surface area contributed by atoms with E-state index in [9.17, 15) is 4.79 Å². The summed E-state index contributed by atoms with van der Waals surface area (Å²) in [4.78, 5) is 21.5. The lowest BCUT2D eigenvalue weighted by Gasteiger charge is -2.17. The number of rotatable bonds is 8. The first kappa shape index (κ1) is 26.1. The smallest absolute Gasteiger partial charge is 0.252 e. The Bertz CT molecular complexity index is 1410. The third kappa shape index (κ3) is 4.97. The molecule has 6 nitrogen and oxygen atoms in total. The number of methoxy groups -OCH3 is 3. The van der Waals surface area contributed by atoms with Crippen molar-refractivity contribution < 1.29 is 14.2 Å². The minimum absolute atomic E-state index is 0. The molecule has 4 aromatic rings. The maximum atomic E-state index is 13.4. The van der Waals surface area contributed by atoms with Crippen LogP contribution in [0.3, 0.4) is 0 Å². The summed E-state index contributed by atoms with van der Waals surface area (Å²) in [7, 11) is 4.89. The number of H-pyrrole nitrogens is 1. The predicted molar refractivity (Wildman–Crippen MR) is 144 cm³/mol. The van der Waals surface area contributed by atoms with E-state index in [-0.39, 0.29) is 18.9 Å². The molecule has 0 aliphatic rings. The van der Waals surface area contributed by atoms with Crippen LogP contribution in [0.2, 0.25) is 0 Å². The second kappa shape index (κ2) is 10.8. The van der Waals surface area contributed by atoms with Gasteiger partial charge in [0.05, 0.1) is 26.8 Å². The van der Waals surface area contributed by atoms with E-state index in [1.807, 2.05) is 30.3 Å². The number of benzene rings is 2. The van der Waals surface area contributed by atoms with Gasteiger partial charge >= 0.3 is 0 Å². The van der Waals surface area contributed by atoms with Crippen LogP contribution in [0.1, 0.15) is 63.1 Å². The molecule has 0 radical (unpaired) electrons. The summed E-state index contributed by atoms with van der Waals surface area (Å²) in [6.45, 7) is 6.28. The number of aromatic amines is 1. The number of aromatic nitrogens is 2. The van der Waals surface area contributed by atoms with Crippen LogP contribution in [0.4, 0.5) is 0 Å². The van der Waals surface area contributed by atoms with Crippen molar-refractivity contribution in [1.29, 1.82) is 0 Å². The number of nitrogens with zero attached hydrogens (tertiary/aromatic N) is 1. The van der Waals surface area contributed by atoms with Gasteiger partial charge in [-0.05, 0) is 59.7 Å². The molecule has 186 valence electrons. The molecule has 0 aliphatic heterocycles. The van der Waals surface area contributed by atoms with Crippen LogP contribution in [0.5, 0.6) is 17.2 Å². The first-order chi connectivity index (χ1) is 16.4. The molecular weight excluding hydrogens is 440 g/mol. The van der Waals surface area contributed by atoms with Gasteiger partial charge in [0.2, 0.25) is 0 Å². The van der Waals surface area contributed by atoms with Crippen LogP contribution in [0, 0.1) is 0 Å². The molecule has 0 aliphatic carbocycles. The van der Waals surface area contributed by atoms with Crippen LogP contribution < -0.4 is 19.8 Å². The molecule has 35 heavy (non-hydrogen) atoms. The number of fused-ring (bicyclic) bond motifs is 2. The van der Waals surface area contributed by atoms with Gasteiger partial charge in [0.15, 0.2) is 11.5 Å². The van der Waals surface area contributed by atoms with Crippen molar-refractivity contribution in [2.45, 2.75) is 53.4 Å². The summed E-state index contributed by atoms with van der Waals surface area (Å²) in [6, 6.07) is 11.9. The summed E-state index contributed by atoms with van der Waals surface area (Å²) in [6.07, 6.45) is 2.28. The Kier molecular flexibility index (Phi) is 8.05. The molecule has 0 bridgehead atoms. The molecule has 0 unspecified atom stereocenters. The molecule has 1 N–H and O–H groups in total. The van der Waals surface area contributed by atoms with Crippen molar-refractivity contribution in [1.82, 2.24) is 9.97 Å². The van der Waals surface area contributed by atoms with Gasteiger partial charge in [-0.15, -0.1) is 0 Å². The van der Waals surface area contributed by atoms with E-state index >= 15 is 0 Å². The van der Waals surface area contributed by atoms with Gasteiger partial charge in [0.25, 0.3) is 5.56 Å². The first-order valence-corrected chi connectivity index (χ1v) is 11.7. The maximum absolute atomic E-state index is 13.4. The normalized spacial score (nSPS) is 11.1. The highest BCUT2D eigenvalue weighted by molar-refractivity contribution is 5.91. The highest BCUT2D eigenvalue weighted by atomic mass is 16.5. The van der Waals surface area contributed by atoms with Crippen LogP contribution >= 0.6 is 0 Å². The zero-order valence-electron chi connectivity index (χ0n) is 20.7. The van der Waals surface area contributed by atoms with E-state index in [1.54, 1.807) is 21.3 Å². The third-order valence-electron chi connectivity index (χ3n) is 6.28. The molecule has 0 amide bonds. The minimum Gasteiger partial charge on any atom is -0.497 e. The molecule has 0 saturated heterocycles. The quantitative estimate of drug-likeness (QED) is 0.318. The van der Waals surface area contributed by atoms with E-state index in [4.69, 9.17) is 19.2 Å². The summed E-state index contributed by atoms with van der Waals surface area (Å²) in [5.74, 6) is 2.17. The van der Waals surface area contributed by atoms with E-state index < -0.39 is 0 Å². The fourth-order valence-electron chi connectivity index (χ4n) is 4.53. The average Bonchev–Trinajstić information content (AvgIpc) is 2.84. The van der Waals surface area contributed by atoms with Gasteiger partial charge in [-0.3, -0.25) is 9.78 Å². The molecule has 0 atom stereocenters. The minimum atomic E-state index is -0.0865. The number of ether oxygens (including phenoxy) is 3. The lowest BCUT2D eigenvalue weighted by Crippen LogP contribution is -2.18. The Morgan fingerprint density at radius 1 is 0.943 bits per heavy atom. The Labute approximate surface area is 207 Å². The molecule has 0 saturated carbocycles. The van der Waals surface area contributed by atoms with Crippen LogP contribution in [-0.4, -0.2) is 31.3 Å². The van der Waals surface area contributed by atoms with Crippen LogP contribution in [0.15, 0.2) is 41.2 Å². The monoisotopic (exact) mass is 476 g/mol. The third-order valence-corrected chi connectivity index (χ3v) is 6.28. The molecule has 4 rings (SSSR count). The summed E-state index contributed by atoms with van der Waals surface area (Å²) in [5.41, 5.74) is 4.48. The van der Waals surface area contributed by atoms with Crippen LogP contribution in [0.25, 0.3) is 21.7 Å². The number of aryl methyl sites for hydroxylation is 1. The van der Waals surface area contributed by atoms with Crippen molar-refractivity contribution in [3.63, 3.8) is 0 Å². The lowest BCUT2D eigenvalue weighted by molar-refractivity contribution is 0.356. The molecule has 2 aromatic carbocycles. The first-order valence-electron chi connectivity index (χ1n) is 11.7. The summed E-state index contributed by atoms with van der Waals surface area (Å²) < 4.78 is 16.5. The molecular formula is C29H36N2O4.